The first kappa shape index (κ1) is 21.1. The molecule has 0 bridgehead atoms. The van der Waals surface area contributed by atoms with Gasteiger partial charge in [0.15, 0.2) is 5.12 Å². The van der Waals surface area contributed by atoms with Gasteiger partial charge in [-0.3, -0.25) is 9.59 Å². The number of hydrogen-bond acceptors (Lipinski definition) is 5. The third-order valence-electron chi connectivity index (χ3n) is 3.65. The molecule has 8 heteroatoms. The largest absolute Gasteiger partial charge is 0.348 e. The highest BCUT2D eigenvalue weighted by molar-refractivity contribution is 8.13. The molecule has 0 saturated heterocycles. The van der Waals surface area contributed by atoms with E-state index in [2.05, 4.69) is 5.32 Å². The minimum absolute atomic E-state index is 0.0139. The van der Waals surface area contributed by atoms with Crippen LogP contribution in [0.15, 0.2) is 58.3 Å². The van der Waals surface area contributed by atoms with Gasteiger partial charge in [0.1, 0.15) is 0 Å². The summed E-state index contributed by atoms with van der Waals surface area (Å²) in [5, 5.41) is 7.82. The van der Waals surface area contributed by atoms with Crippen LogP contribution in [-0.2, 0) is 21.4 Å². The second kappa shape index (κ2) is 8.24. The van der Waals surface area contributed by atoms with E-state index in [0.29, 0.717) is 10.5 Å². The maximum atomic E-state index is 12.5. The number of carbonyl (C=O) groups excluding carboxylic acids is 2. The lowest BCUT2D eigenvalue weighted by molar-refractivity contribution is -0.117. The van der Waals surface area contributed by atoms with Gasteiger partial charge in [0, 0.05) is 16.9 Å². The molecule has 0 radical (unpaired) electrons. The molecule has 2 rings (SSSR count). The van der Waals surface area contributed by atoms with Crippen LogP contribution in [0.1, 0.15) is 36.7 Å². The minimum atomic E-state index is -3.75. The molecule has 27 heavy (non-hydrogen) atoms. The van der Waals surface area contributed by atoms with E-state index in [9.17, 15) is 18.0 Å². The van der Waals surface area contributed by atoms with Gasteiger partial charge in [-0.15, -0.1) is 0 Å². The van der Waals surface area contributed by atoms with Crippen LogP contribution < -0.4 is 10.5 Å². The molecule has 2 aromatic carbocycles. The first-order valence-electron chi connectivity index (χ1n) is 8.20. The normalized spacial score (nSPS) is 11.9. The monoisotopic (exact) mass is 406 g/mol. The average Bonchev–Trinajstić information content (AvgIpc) is 2.59. The van der Waals surface area contributed by atoms with Crippen molar-refractivity contribution in [3.8, 4) is 0 Å². The van der Waals surface area contributed by atoms with Crippen LogP contribution in [0.5, 0.6) is 0 Å². The number of amides is 1. The summed E-state index contributed by atoms with van der Waals surface area (Å²) >= 11 is 1.05. The summed E-state index contributed by atoms with van der Waals surface area (Å²) in [6, 6.07) is 12.9. The molecule has 0 aliphatic carbocycles. The first-order chi connectivity index (χ1) is 12.5. The van der Waals surface area contributed by atoms with E-state index in [0.717, 1.165) is 17.3 Å². The molecule has 6 nitrogen and oxygen atoms in total. The van der Waals surface area contributed by atoms with Crippen LogP contribution in [0.3, 0.4) is 0 Å². The van der Waals surface area contributed by atoms with E-state index in [1.54, 1.807) is 36.4 Å². The molecule has 0 aliphatic rings. The third-order valence-corrected chi connectivity index (χ3v) is 5.95. The molecule has 0 atom stereocenters. The number of nitrogens with one attached hydrogen (secondary N) is 1. The standard InChI is InChI=1S/C19H22N2O4S2/c1-19(2,3)18(23)26-16-7-5-4-6-15(16)17(22)21-12-13-8-10-14(11-9-13)27(20,24)25/h4-11H,12H2,1-3H3,(H,21,22)(H2,20,24,25). The van der Waals surface area contributed by atoms with Crippen molar-refractivity contribution in [2.24, 2.45) is 10.6 Å². The van der Waals surface area contributed by atoms with Gasteiger partial charge in [0.05, 0.1) is 10.5 Å². The Kier molecular flexibility index (Phi) is 6.46. The first-order valence-corrected chi connectivity index (χ1v) is 10.6. The fraction of sp³-hybridized carbons (Fsp3) is 0.263. The Labute approximate surface area is 163 Å². The van der Waals surface area contributed by atoms with Crippen LogP contribution in [0, 0.1) is 5.41 Å². The Morgan fingerprint density at radius 3 is 2.19 bits per heavy atom. The van der Waals surface area contributed by atoms with E-state index in [4.69, 9.17) is 5.14 Å². The summed E-state index contributed by atoms with van der Waals surface area (Å²) in [5.74, 6) is -0.310. The predicted octanol–water partition coefficient (Wildman–Crippen LogP) is 2.93. The van der Waals surface area contributed by atoms with Gasteiger partial charge in [0.2, 0.25) is 10.0 Å². The molecular weight excluding hydrogens is 384 g/mol. The Balaban J connectivity index is 2.09. The van der Waals surface area contributed by atoms with Crippen LogP contribution in [0.4, 0.5) is 0 Å². The Morgan fingerprint density at radius 1 is 1.04 bits per heavy atom. The molecule has 0 aromatic heterocycles. The van der Waals surface area contributed by atoms with Gasteiger partial charge >= 0.3 is 0 Å². The average molecular weight is 407 g/mol. The highest BCUT2D eigenvalue weighted by Gasteiger charge is 2.24. The molecule has 0 saturated carbocycles. The molecule has 0 heterocycles. The lowest BCUT2D eigenvalue weighted by Gasteiger charge is -2.17. The molecule has 144 valence electrons. The molecule has 0 aliphatic heterocycles. The van der Waals surface area contributed by atoms with Crippen molar-refractivity contribution in [3.05, 3.63) is 59.7 Å². The van der Waals surface area contributed by atoms with Crippen LogP contribution in [0.25, 0.3) is 0 Å². The van der Waals surface area contributed by atoms with Crippen molar-refractivity contribution in [1.82, 2.24) is 5.32 Å². The molecule has 3 N–H and O–H groups in total. The van der Waals surface area contributed by atoms with Crippen molar-refractivity contribution in [1.29, 1.82) is 0 Å². The van der Waals surface area contributed by atoms with Gasteiger partial charge in [0.25, 0.3) is 5.91 Å². The van der Waals surface area contributed by atoms with Gasteiger partial charge in [-0.05, 0) is 29.8 Å². The third kappa shape index (κ3) is 5.92. The van der Waals surface area contributed by atoms with Gasteiger partial charge in [-0.1, -0.05) is 56.8 Å². The molecule has 0 unspecified atom stereocenters. The number of rotatable bonds is 5. The quantitative estimate of drug-likeness (QED) is 0.743. The topological polar surface area (TPSA) is 106 Å². The van der Waals surface area contributed by atoms with Crippen LogP contribution in [-0.4, -0.2) is 19.4 Å². The number of primary sulfonamides is 1. The summed E-state index contributed by atoms with van der Waals surface area (Å²) in [6.45, 7) is 5.71. The molecular formula is C19H22N2O4S2. The number of carbonyl (C=O) groups is 2. The lowest BCUT2D eigenvalue weighted by Crippen LogP contribution is -2.24. The number of hydrogen-bond donors (Lipinski definition) is 2. The van der Waals surface area contributed by atoms with E-state index in [-0.39, 0.29) is 22.5 Å². The fourth-order valence-corrected chi connectivity index (χ4v) is 3.51. The maximum absolute atomic E-state index is 12.5. The predicted molar refractivity (Wildman–Crippen MR) is 106 cm³/mol. The minimum Gasteiger partial charge on any atom is -0.348 e. The zero-order valence-corrected chi connectivity index (χ0v) is 17.0. The van der Waals surface area contributed by atoms with E-state index < -0.39 is 15.4 Å². The zero-order valence-electron chi connectivity index (χ0n) is 15.4. The molecule has 0 spiro atoms. The van der Waals surface area contributed by atoms with Crippen molar-refractivity contribution in [3.63, 3.8) is 0 Å². The van der Waals surface area contributed by atoms with Crippen LogP contribution >= 0.6 is 11.8 Å². The van der Waals surface area contributed by atoms with Crippen LogP contribution in [0.2, 0.25) is 0 Å². The van der Waals surface area contributed by atoms with Crippen molar-refractivity contribution in [2.75, 3.05) is 0 Å². The van der Waals surface area contributed by atoms with E-state index in [1.807, 2.05) is 20.8 Å². The van der Waals surface area contributed by atoms with Gasteiger partial charge in [-0.25, -0.2) is 13.6 Å². The second-order valence-electron chi connectivity index (χ2n) is 7.01. The number of sulfonamides is 1. The summed E-state index contributed by atoms with van der Waals surface area (Å²) < 4.78 is 22.5. The second-order valence-corrected chi connectivity index (χ2v) is 9.58. The van der Waals surface area contributed by atoms with Crippen molar-refractivity contribution >= 4 is 32.8 Å². The summed E-state index contributed by atoms with van der Waals surface area (Å²) in [4.78, 5) is 25.4. The summed E-state index contributed by atoms with van der Waals surface area (Å²) in [7, 11) is -3.75. The Morgan fingerprint density at radius 2 is 1.63 bits per heavy atom. The number of benzene rings is 2. The number of nitrogens with two attached hydrogens (primary N) is 1. The SMILES string of the molecule is CC(C)(C)C(=O)Sc1ccccc1C(=O)NCc1ccc(S(N)(=O)=O)cc1. The van der Waals surface area contributed by atoms with Crippen molar-refractivity contribution in [2.45, 2.75) is 37.1 Å². The molecule has 1 amide bonds. The van der Waals surface area contributed by atoms with E-state index in [1.165, 1.54) is 12.1 Å². The highest BCUT2D eigenvalue weighted by atomic mass is 32.2. The number of thioether (sulfide) groups is 1. The van der Waals surface area contributed by atoms with Gasteiger partial charge in [-0.2, -0.15) is 0 Å². The Hall–Kier alpha value is -2.16. The fourth-order valence-electron chi connectivity index (χ4n) is 2.07. The van der Waals surface area contributed by atoms with E-state index >= 15 is 0 Å². The molecule has 2 aromatic rings. The smallest absolute Gasteiger partial charge is 0.252 e. The molecule has 0 fully saturated rings. The maximum Gasteiger partial charge on any atom is 0.252 e. The van der Waals surface area contributed by atoms with Crippen molar-refractivity contribution < 1.29 is 18.0 Å². The summed E-state index contributed by atoms with van der Waals surface area (Å²) in [5.41, 5.74) is 0.632. The lowest BCUT2D eigenvalue weighted by atomic mass is 10.00. The summed E-state index contributed by atoms with van der Waals surface area (Å²) in [6.07, 6.45) is 0. The zero-order chi connectivity index (χ0) is 20.2. The highest BCUT2D eigenvalue weighted by Crippen LogP contribution is 2.31. The van der Waals surface area contributed by atoms with Gasteiger partial charge < -0.3 is 5.32 Å². The Bertz CT molecular complexity index is 946.